The molecule has 1 rings (SSSR count). The number of nitrogen functional groups attached to an aromatic ring is 1. The third-order valence-corrected chi connectivity index (χ3v) is 3.13. The van der Waals surface area contributed by atoms with Gasteiger partial charge in [0.2, 0.25) is 11.8 Å². The van der Waals surface area contributed by atoms with Gasteiger partial charge in [-0.05, 0) is 6.92 Å². The average molecular weight is 231 g/mol. The molecule has 1 heterocycles. The number of aromatic amines is 1. The standard InChI is InChI=1S/C7H13N5O2S/c1-4(15(2)14)3-9-6(13)5-10-7(8)12-11-5/h4H,3H2,1-2H3,(H,9,13)(H3,8,10,11,12). The highest BCUT2D eigenvalue weighted by atomic mass is 32.2. The summed E-state index contributed by atoms with van der Waals surface area (Å²) in [7, 11) is -0.964. The first-order valence-corrected chi connectivity index (χ1v) is 5.91. The summed E-state index contributed by atoms with van der Waals surface area (Å²) in [5.41, 5.74) is 5.24. The van der Waals surface area contributed by atoms with Crippen LogP contribution in [0.5, 0.6) is 0 Å². The molecular weight excluding hydrogens is 218 g/mol. The van der Waals surface area contributed by atoms with E-state index in [1.165, 1.54) is 0 Å². The van der Waals surface area contributed by atoms with Gasteiger partial charge in [-0.25, -0.2) is 0 Å². The molecule has 1 aromatic heterocycles. The normalized spacial score (nSPS) is 14.5. The quantitative estimate of drug-likeness (QED) is 0.607. The van der Waals surface area contributed by atoms with E-state index in [1.54, 1.807) is 13.2 Å². The number of amides is 1. The number of H-pyrrole nitrogens is 1. The van der Waals surface area contributed by atoms with Crippen LogP contribution in [0.4, 0.5) is 5.95 Å². The summed E-state index contributed by atoms with van der Waals surface area (Å²) in [6, 6.07) is 0. The summed E-state index contributed by atoms with van der Waals surface area (Å²) in [5.74, 6) is -0.328. The minimum absolute atomic E-state index is 0.0206. The van der Waals surface area contributed by atoms with Gasteiger partial charge in [0.05, 0.1) is 0 Å². The van der Waals surface area contributed by atoms with Crippen molar-refractivity contribution in [2.24, 2.45) is 0 Å². The minimum Gasteiger partial charge on any atom is -0.366 e. The zero-order valence-corrected chi connectivity index (χ0v) is 9.30. The fraction of sp³-hybridized carbons (Fsp3) is 0.571. The van der Waals surface area contributed by atoms with Crippen LogP contribution >= 0.6 is 0 Å². The smallest absolute Gasteiger partial charge is 0.288 e. The number of nitrogens with two attached hydrogens (primary N) is 1. The molecule has 0 spiro atoms. The van der Waals surface area contributed by atoms with Crippen molar-refractivity contribution < 1.29 is 9.00 Å². The predicted octanol–water partition coefficient (Wildman–Crippen LogP) is -1.12. The molecule has 0 saturated carbocycles. The van der Waals surface area contributed by atoms with Crippen LogP contribution in [0.1, 0.15) is 17.5 Å². The topological polar surface area (TPSA) is 114 Å². The average Bonchev–Trinajstić information content (AvgIpc) is 2.60. The third kappa shape index (κ3) is 3.31. The summed E-state index contributed by atoms with van der Waals surface area (Å²) < 4.78 is 11.0. The van der Waals surface area contributed by atoms with Gasteiger partial charge in [-0.2, -0.15) is 4.98 Å². The Balaban J connectivity index is 2.47. The lowest BCUT2D eigenvalue weighted by molar-refractivity contribution is 0.0944. The highest BCUT2D eigenvalue weighted by molar-refractivity contribution is 7.84. The van der Waals surface area contributed by atoms with Gasteiger partial charge in [-0.15, -0.1) is 5.10 Å². The van der Waals surface area contributed by atoms with E-state index in [2.05, 4.69) is 20.5 Å². The Morgan fingerprint density at radius 1 is 1.73 bits per heavy atom. The van der Waals surface area contributed by atoms with Crippen molar-refractivity contribution in [2.45, 2.75) is 12.2 Å². The fourth-order valence-corrected chi connectivity index (χ4v) is 1.13. The van der Waals surface area contributed by atoms with Gasteiger partial charge in [-0.3, -0.25) is 14.1 Å². The minimum atomic E-state index is -0.964. The second-order valence-electron chi connectivity index (χ2n) is 3.06. The van der Waals surface area contributed by atoms with E-state index in [9.17, 15) is 9.00 Å². The molecule has 1 amide bonds. The van der Waals surface area contributed by atoms with Gasteiger partial charge in [0.25, 0.3) is 5.91 Å². The number of hydrogen-bond acceptors (Lipinski definition) is 5. The number of hydrogen-bond donors (Lipinski definition) is 3. The molecule has 4 N–H and O–H groups in total. The summed E-state index contributed by atoms with van der Waals surface area (Å²) in [6.07, 6.45) is 1.59. The molecule has 15 heavy (non-hydrogen) atoms. The highest BCUT2D eigenvalue weighted by Crippen LogP contribution is 1.94. The molecule has 0 saturated heterocycles. The van der Waals surface area contributed by atoms with E-state index in [0.29, 0.717) is 6.54 Å². The van der Waals surface area contributed by atoms with Crippen molar-refractivity contribution in [3.8, 4) is 0 Å². The Bertz CT molecular complexity index is 377. The Labute approximate surface area is 89.3 Å². The molecule has 2 atom stereocenters. The number of aromatic nitrogens is 3. The third-order valence-electron chi connectivity index (χ3n) is 1.83. The van der Waals surface area contributed by atoms with Crippen molar-refractivity contribution in [1.29, 1.82) is 0 Å². The maximum absolute atomic E-state index is 11.4. The molecule has 0 aliphatic heterocycles. The Kier molecular flexibility index (Phi) is 3.78. The molecule has 0 bridgehead atoms. The second-order valence-corrected chi connectivity index (χ2v) is 4.86. The van der Waals surface area contributed by atoms with Crippen LogP contribution in [0, 0.1) is 0 Å². The molecule has 1 aromatic rings. The molecule has 0 fully saturated rings. The van der Waals surface area contributed by atoms with E-state index >= 15 is 0 Å². The second kappa shape index (κ2) is 4.87. The lowest BCUT2D eigenvalue weighted by atomic mass is 10.4. The molecule has 0 radical (unpaired) electrons. The van der Waals surface area contributed by atoms with Crippen molar-refractivity contribution in [1.82, 2.24) is 20.5 Å². The first-order chi connectivity index (χ1) is 7.00. The molecule has 0 aliphatic carbocycles. The zero-order chi connectivity index (χ0) is 11.4. The number of nitrogens with zero attached hydrogens (tertiary/aromatic N) is 2. The fourth-order valence-electron chi connectivity index (χ4n) is 0.814. The summed E-state index contributed by atoms with van der Waals surface area (Å²) in [4.78, 5) is 15.0. The first kappa shape index (κ1) is 11.6. The van der Waals surface area contributed by atoms with Gasteiger partial charge in [-0.1, -0.05) is 0 Å². The lowest BCUT2D eigenvalue weighted by Gasteiger charge is -2.08. The molecule has 0 aliphatic rings. The van der Waals surface area contributed by atoms with Crippen LogP contribution < -0.4 is 11.1 Å². The van der Waals surface area contributed by atoms with Crippen LogP contribution in [-0.2, 0) is 10.8 Å². The van der Waals surface area contributed by atoms with Crippen molar-refractivity contribution in [3.05, 3.63) is 5.82 Å². The van der Waals surface area contributed by atoms with Crippen LogP contribution in [0.2, 0.25) is 0 Å². The molecule has 84 valence electrons. The molecule has 8 heteroatoms. The van der Waals surface area contributed by atoms with Crippen molar-refractivity contribution in [3.63, 3.8) is 0 Å². The van der Waals surface area contributed by atoms with E-state index in [0.717, 1.165) is 0 Å². The Morgan fingerprint density at radius 3 is 2.87 bits per heavy atom. The molecule has 2 unspecified atom stereocenters. The van der Waals surface area contributed by atoms with Crippen LogP contribution in [0.15, 0.2) is 0 Å². The van der Waals surface area contributed by atoms with Gasteiger partial charge in [0, 0.05) is 28.9 Å². The molecular formula is C7H13N5O2S. The van der Waals surface area contributed by atoms with Gasteiger partial charge < -0.3 is 11.1 Å². The van der Waals surface area contributed by atoms with E-state index in [-0.39, 0.29) is 17.0 Å². The zero-order valence-electron chi connectivity index (χ0n) is 8.48. The van der Waals surface area contributed by atoms with Crippen LogP contribution in [-0.4, -0.2) is 43.3 Å². The summed E-state index contributed by atoms with van der Waals surface area (Å²) >= 11 is 0. The van der Waals surface area contributed by atoms with Crippen molar-refractivity contribution in [2.75, 3.05) is 18.5 Å². The lowest BCUT2D eigenvalue weighted by Crippen LogP contribution is -2.33. The van der Waals surface area contributed by atoms with Gasteiger partial charge in [0.1, 0.15) is 0 Å². The van der Waals surface area contributed by atoms with E-state index < -0.39 is 16.7 Å². The number of anilines is 1. The highest BCUT2D eigenvalue weighted by Gasteiger charge is 2.12. The number of carbonyl (C=O) groups excluding carboxylic acids is 1. The van der Waals surface area contributed by atoms with Gasteiger partial charge in [0.15, 0.2) is 0 Å². The van der Waals surface area contributed by atoms with Crippen LogP contribution in [0.25, 0.3) is 0 Å². The number of rotatable bonds is 4. The van der Waals surface area contributed by atoms with Gasteiger partial charge >= 0.3 is 0 Å². The maximum Gasteiger partial charge on any atom is 0.288 e. The molecule has 0 aromatic carbocycles. The van der Waals surface area contributed by atoms with E-state index in [1.807, 2.05) is 0 Å². The Morgan fingerprint density at radius 2 is 2.40 bits per heavy atom. The summed E-state index contributed by atoms with van der Waals surface area (Å²) in [6.45, 7) is 2.10. The SMILES string of the molecule is CC(CNC(=O)c1nc(N)n[nH]1)S(C)=O. The largest absolute Gasteiger partial charge is 0.366 e. The van der Waals surface area contributed by atoms with Crippen LogP contribution in [0.3, 0.4) is 0 Å². The first-order valence-electron chi connectivity index (χ1n) is 4.29. The number of carbonyl (C=O) groups is 1. The molecule has 7 nitrogen and oxygen atoms in total. The number of nitrogens with one attached hydrogen (secondary N) is 2. The van der Waals surface area contributed by atoms with Crippen molar-refractivity contribution >= 4 is 22.7 Å². The monoisotopic (exact) mass is 231 g/mol. The maximum atomic E-state index is 11.4. The predicted molar refractivity (Wildman–Crippen MR) is 56.7 cm³/mol. The van der Waals surface area contributed by atoms with E-state index in [4.69, 9.17) is 5.73 Å². The Hall–Kier alpha value is -1.44. The summed E-state index contributed by atoms with van der Waals surface area (Å²) in [5, 5.41) is 8.37.